The number of hydrogen-bond donors (Lipinski definition) is 7. The van der Waals surface area contributed by atoms with Gasteiger partial charge in [0.1, 0.15) is 29.6 Å². The van der Waals surface area contributed by atoms with Crippen LogP contribution in [0.4, 0.5) is 16.3 Å². The van der Waals surface area contributed by atoms with Crippen LogP contribution >= 0.6 is 0 Å². The van der Waals surface area contributed by atoms with Crippen LogP contribution in [0.15, 0.2) is 47.5 Å². The van der Waals surface area contributed by atoms with E-state index in [9.17, 15) is 24.3 Å². The van der Waals surface area contributed by atoms with Gasteiger partial charge >= 0.3 is 17.8 Å². The maximum absolute atomic E-state index is 14.8. The van der Waals surface area contributed by atoms with Gasteiger partial charge in [0.2, 0.25) is 0 Å². The smallest absolute Gasteiger partial charge is 0.412 e. The van der Waals surface area contributed by atoms with E-state index in [0.29, 0.717) is 50.2 Å². The van der Waals surface area contributed by atoms with Crippen LogP contribution in [-0.4, -0.2) is 159 Å². The topological polar surface area (TPSA) is 316 Å². The quantitative estimate of drug-likeness (QED) is 0.0300. The Labute approximate surface area is 408 Å². The molecule has 3 saturated heterocycles. The lowest BCUT2D eigenvalue weighted by molar-refractivity contribution is -0.296. The van der Waals surface area contributed by atoms with E-state index in [-0.39, 0.29) is 37.2 Å². The van der Waals surface area contributed by atoms with Gasteiger partial charge in [0, 0.05) is 62.2 Å². The lowest BCUT2D eigenvalue weighted by Gasteiger charge is -2.47. The molecular formula is C47H73N13O10. The lowest BCUT2D eigenvalue weighted by atomic mass is 9.78. The molecule has 0 saturated carbocycles. The lowest BCUT2D eigenvalue weighted by Crippen LogP contribution is -2.65. The summed E-state index contributed by atoms with van der Waals surface area (Å²) >= 11 is 0. The monoisotopic (exact) mass is 980 g/mol. The number of unbranched alkanes of at least 4 members (excludes halogenated alkanes) is 1. The number of aliphatic hydroxyl groups is 1. The minimum atomic E-state index is -2.00. The molecule has 13 atom stereocenters. The number of benzene rings is 1. The molecule has 386 valence electrons. The van der Waals surface area contributed by atoms with Crippen molar-refractivity contribution in [2.75, 3.05) is 52.3 Å². The molecule has 0 bridgehead atoms. The molecule has 2 unspecified atom stereocenters. The minimum absolute atomic E-state index is 0.0402. The number of hydrogen-bond acceptors (Lipinski definition) is 18. The van der Waals surface area contributed by atoms with Crippen molar-refractivity contribution >= 4 is 35.3 Å². The van der Waals surface area contributed by atoms with Crippen molar-refractivity contribution in [3.8, 4) is 11.3 Å². The number of nitrogens with two attached hydrogens (primary N) is 3. The molecule has 23 heteroatoms. The fraction of sp³-hybridized carbons (Fsp3) is 0.660. The summed E-state index contributed by atoms with van der Waals surface area (Å²) in [6.45, 7) is 11.6. The average Bonchev–Trinajstić information content (AvgIpc) is 3.91. The first-order valence-electron chi connectivity index (χ1n) is 24.0. The molecule has 10 N–H and O–H groups in total. The molecular weight excluding hydrogens is 907 g/mol. The predicted octanol–water partition coefficient (Wildman–Crippen LogP) is 1.48. The first-order valence-corrected chi connectivity index (χ1v) is 24.0. The predicted molar refractivity (Wildman–Crippen MR) is 259 cm³/mol. The number of nitrogen functional groups attached to an aromatic ring is 2. The third-order valence-corrected chi connectivity index (χ3v) is 14.0. The molecule has 3 aromatic rings. The van der Waals surface area contributed by atoms with Crippen LogP contribution in [0.25, 0.3) is 11.3 Å². The van der Waals surface area contributed by atoms with E-state index in [4.69, 9.17) is 46.3 Å². The molecule has 0 aliphatic carbocycles. The van der Waals surface area contributed by atoms with Crippen molar-refractivity contribution in [2.45, 2.75) is 140 Å². The number of cyclic esters (lactones) is 1. The molecule has 3 fully saturated rings. The number of aromatic nitrogens is 5. The van der Waals surface area contributed by atoms with Crippen molar-refractivity contribution in [3.63, 3.8) is 0 Å². The molecule has 70 heavy (non-hydrogen) atoms. The Bertz CT molecular complexity index is 2370. The second-order valence-corrected chi connectivity index (χ2v) is 19.5. The number of guanidine groups is 1. The molecule has 1 amide bonds. The van der Waals surface area contributed by atoms with E-state index in [1.54, 1.807) is 29.5 Å². The largest absolute Gasteiger partial charge is 0.455 e. The Morgan fingerprint density at radius 2 is 1.83 bits per heavy atom. The number of ether oxygens (including phenoxy) is 5. The number of likely N-dealkylation sites (N-methyl/N-ethyl adjacent to an activating group) is 1. The molecule has 1 aromatic carbocycles. The van der Waals surface area contributed by atoms with Crippen LogP contribution in [0, 0.1) is 23.2 Å². The van der Waals surface area contributed by atoms with E-state index in [2.05, 4.69) is 25.9 Å². The normalized spacial score (nSPS) is 32.4. The summed E-state index contributed by atoms with van der Waals surface area (Å²) in [6, 6.07) is 6.70. The number of ketones is 1. The van der Waals surface area contributed by atoms with Crippen molar-refractivity contribution < 1.29 is 43.2 Å². The number of aliphatic hydroxyl groups excluding tert-OH is 1. The number of esters is 1. The van der Waals surface area contributed by atoms with Crippen LogP contribution in [0.3, 0.4) is 0 Å². The van der Waals surface area contributed by atoms with E-state index in [1.165, 1.54) is 26.3 Å². The number of nitrogens with one attached hydrogen (secondary N) is 3. The molecule has 3 aliphatic heterocycles. The van der Waals surface area contributed by atoms with Gasteiger partial charge in [-0.15, -0.1) is 5.10 Å². The Morgan fingerprint density at radius 3 is 2.49 bits per heavy atom. The van der Waals surface area contributed by atoms with Crippen LogP contribution in [0.2, 0.25) is 0 Å². The summed E-state index contributed by atoms with van der Waals surface area (Å²) in [5.41, 5.74) is 15.6. The number of rotatable bonds is 14. The second kappa shape index (κ2) is 22.6. The number of fused-ring (bicyclic) bond motifs is 1. The van der Waals surface area contributed by atoms with Crippen molar-refractivity contribution in [1.82, 2.24) is 45.0 Å². The van der Waals surface area contributed by atoms with E-state index < -0.39 is 95.5 Å². The highest BCUT2D eigenvalue weighted by Gasteiger charge is 2.63. The van der Waals surface area contributed by atoms with Crippen LogP contribution in [0.5, 0.6) is 0 Å². The number of carbonyl (C=O) groups is 3. The zero-order valence-corrected chi connectivity index (χ0v) is 41.7. The van der Waals surface area contributed by atoms with Crippen molar-refractivity contribution in [3.05, 3.63) is 53.2 Å². The fourth-order valence-electron chi connectivity index (χ4n) is 10.3. The highest BCUT2D eigenvalue weighted by Crippen LogP contribution is 2.43. The Hall–Kier alpha value is -5.72. The Morgan fingerprint density at radius 1 is 1.10 bits per heavy atom. The number of carbonyl (C=O) groups excluding carboxylic acids is 3. The van der Waals surface area contributed by atoms with E-state index in [0.717, 1.165) is 10.1 Å². The maximum Gasteiger partial charge on any atom is 0.412 e. The minimum Gasteiger partial charge on any atom is -0.455 e. The third-order valence-electron chi connectivity index (χ3n) is 14.0. The van der Waals surface area contributed by atoms with Crippen molar-refractivity contribution in [1.29, 1.82) is 5.41 Å². The summed E-state index contributed by atoms with van der Waals surface area (Å²) in [5, 5.41) is 34.4. The second-order valence-electron chi connectivity index (χ2n) is 19.5. The van der Waals surface area contributed by atoms with Gasteiger partial charge in [-0.25, -0.2) is 9.59 Å². The van der Waals surface area contributed by atoms with Gasteiger partial charge < -0.3 is 61.5 Å². The SMILES string of the molecule is CC[C@H]1OC(=O)[C@H](C)C(=O)[C@H](C)[C@@H](O[C@@H]2O[C@H](CNC(=N)N)CC(N(C)C)C2O)[C@](C)(OC)C[C@@H](C)CN[C@H](C)[C@H]2N(CCCCn3cc(-c4cccc(N)c4)nn3)C(=O)O[C@]12n1ccc(N)nc1=O. The van der Waals surface area contributed by atoms with Crippen LogP contribution in [0.1, 0.15) is 73.6 Å². The average molecular weight is 980 g/mol. The highest BCUT2D eigenvalue weighted by atomic mass is 16.7. The van der Waals surface area contributed by atoms with Crippen LogP contribution < -0.4 is 33.5 Å². The molecule has 3 aliphatic rings. The first-order chi connectivity index (χ1) is 33.1. The number of anilines is 2. The Balaban J connectivity index is 1.35. The van der Waals surface area contributed by atoms with Crippen molar-refractivity contribution in [2.24, 2.45) is 23.5 Å². The molecule has 0 spiro atoms. The summed E-state index contributed by atoms with van der Waals surface area (Å²) in [6.07, 6.45) is -1.14. The zero-order valence-electron chi connectivity index (χ0n) is 41.7. The van der Waals surface area contributed by atoms with Gasteiger partial charge in [-0.1, -0.05) is 38.1 Å². The van der Waals surface area contributed by atoms with E-state index in [1.807, 2.05) is 64.2 Å². The number of Topliss-reactive ketones (excluding diaryl/α,β-unsaturated/α-hetero) is 1. The highest BCUT2D eigenvalue weighted by molar-refractivity contribution is 6.00. The zero-order chi connectivity index (χ0) is 51.2. The van der Waals surface area contributed by atoms with Gasteiger partial charge in [0.15, 0.2) is 24.1 Å². The van der Waals surface area contributed by atoms with Gasteiger partial charge in [-0.3, -0.25) is 29.1 Å². The molecule has 5 heterocycles. The Kier molecular flexibility index (Phi) is 17.3. The molecule has 2 aromatic heterocycles. The molecule has 0 radical (unpaired) electrons. The summed E-state index contributed by atoms with van der Waals surface area (Å²) < 4.78 is 35.0. The van der Waals surface area contributed by atoms with Gasteiger partial charge in [0.05, 0.1) is 24.0 Å². The van der Waals surface area contributed by atoms with E-state index >= 15 is 0 Å². The summed E-state index contributed by atoms with van der Waals surface area (Å²) in [5.74, 6) is -4.46. The summed E-state index contributed by atoms with van der Waals surface area (Å²) in [7, 11) is 5.17. The number of nitrogens with zero attached hydrogens (tertiary/aromatic N) is 7. The van der Waals surface area contributed by atoms with Gasteiger partial charge in [-0.05, 0) is 97.6 Å². The number of aryl methyl sites for hydroxylation is 1. The standard InChI is InChI=1S/C47H73N13O10/c1-10-35-47(60-19-16-36(49)54-44(60)64)39(59(45(65)70-47)18-12-11-17-58-25-33(55-56-58)30-14-13-15-31(48)20-30)29(5)52-23-26(2)22-46(6,66-9)40(27(3)37(61)28(4)41(63)68-35)69-42-38(62)34(57(7)8)21-32(67-42)24-53-43(50)51/h13-16,19-20,25-29,32,34-35,38-40,42,52,62H,10-12,17-18,21-24,48H2,1-9H3,(H2,49,54,64)(H4,50,51,53)/t26-,27+,28-,29-,32+,34?,35-,38?,39-,40-,42+,46-,47-/m1/s1. The van der Waals surface area contributed by atoms with Gasteiger partial charge in [-0.2, -0.15) is 4.98 Å². The third kappa shape index (κ3) is 11.6. The van der Waals surface area contributed by atoms with Crippen LogP contribution in [-0.2, 0) is 45.5 Å². The summed E-state index contributed by atoms with van der Waals surface area (Å²) in [4.78, 5) is 65.2. The molecule has 23 nitrogen and oxygen atoms in total. The van der Waals surface area contributed by atoms with Gasteiger partial charge in [0.25, 0.3) is 5.72 Å². The maximum atomic E-state index is 14.8. The first kappa shape index (κ1) is 53.6. The fourth-order valence-corrected chi connectivity index (χ4v) is 10.3. The molecule has 6 rings (SSSR count). The number of methoxy groups -OCH3 is 1. The number of amides is 1.